The Bertz CT molecular complexity index is 975. The van der Waals surface area contributed by atoms with E-state index in [0.29, 0.717) is 11.1 Å². The van der Waals surface area contributed by atoms with Crippen LogP contribution < -0.4 is 10.9 Å². The first-order chi connectivity index (χ1) is 11.5. The molecular formula is C19H17FN2O2. The molecule has 2 aromatic carbocycles. The van der Waals surface area contributed by atoms with Crippen LogP contribution in [-0.4, -0.2) is 10.9 Å². The lowest BCUT2D eigenvalue weighted by Gasteiger charge is -2.09. The van der Waals surface area contributed by atoms with Crippen LogP contribution in [0.5, 0.6) is 0 Å². The molecule has 3 rings (SSSR count). The second-order valence-electron chi connectivity index (χ2n) is 5.78. The molecule has 2 N–H and O–H groups in total. The number of fused-ring (bicyclic) bond motifs is 1. The molecule has 4 nitrogen and oxygen atoms in total. The molecule has 0 saturated heterocycles. The molecule has 5 heteroatoms. The van der Waals surface area contributed by atoms with Crippen LogP contribution in [-0.2, 0) is 6.54 Å². The molecule has 0 aliphatic carbocycles. The van der Waals surface area contributed by atoms with E-state index in [1.807, 2.05) is 26.0 Å². The molecule has 0 aliphatic rings. The van der Waals surface area contributed by atoms with Gasteiger partial charge in [0.2, 0.25) is 0 Å². The topological polar surface area (TPSA) is 62.0 Å². The van der Waals surface area contributed by atoms with Crippen molar-refractivity contribution in [1.29, 1.82) is 0 Å². The summed E-state index contributed by atoms with van der Waals surface area (Å²) in [6, 6.07) is 11.0. The number of pyridine rings is 1. The normalized spacial score (nSPS) is 10.8. The van der Waals surface area contributed by atoms with Gasteiger partial charge in [-0.05, 0) is 60.7 Å². The molecule has 0 atom stereocenters. The van der Waals surface area contributed by atoms with Crippen LogP contribution in [0.1, 0.15) is 27.0 Å². The van der Waals surface area contributed by atoms with Crippen molar-refractivity contribution in [1.82, 2.24) is 10.3 Å². The van der Waals surface area contributed by atoms with Crippen LogP contribution >= 0.6 is 0 Å². The monoisotopic (exact) mass is 324 g/mol. The fourth-order valence-electron chi connectivity index (χ4n) is 2.58. The number of benzene rings is 2. The molecule has 0 spiro atoms. The Labute approximate surface area is 138 Å². The van der Waals surface area contributed by atoms with E-state index in [2.05, 4.69) is 10.3 Å². The standard InChI is InChI=1S/C19H17FN2O2/c1-11-3-4-14-9-15(19(24)22-17(14)12(11)2)10-21-18(23)13-5-7-16(20)8-6-13/h3-9H,10H2,1-2H3,(H,21,23)(H,22,24). The Morgan fingerprint density at radius 2 is 1.83 bits per heavy atom. The number of aromatic nitrogens is 1. The van der Waals surface area contributed by atoms with E-state index in [1.165, 1.54) is 24.3 Å². The number of aryl methyl sites for hydroxylation is 2. The number of hydrogen-bond donors (Lipinski definition) is 2. The largest absolute Gasteiger partial charge is 0.348 e. The highest BCUT2D eigenvalue weighted by Crippen LogP contribution is 2.18. The minimum atomic E-state index is -0.400. The molecule has 0 unspecified atom stereocenters. The fraction of sp³-hybridized carbons (Fsp3) is 0.158. The smallest absolute Gasteiger partial charge is 0.253 e. The summed E-state index contributed by atoms with van der Waals surface area (Å²) in [6.45, 7) is 4.06. The third kappa shape index (κ3) is 3.06. The van der Waals surface area contributed by atoms with E-state index in [1.54, 1.807) is 6.07 Å². The van der Waals surface area contributed by atoms with Gasteiger partial charge in [0, 0.05) is 17.7 Å². The van der Waals surface area contributed by atoms with Crippen LogP contribution in [0.3, 0.4) is 0 Å². The van der Waals surface area contributed by atoms with Gasteiger partial charge < -0.3 is 10.3 Å². The summed E-state index contributed by atoms with van der Waals surface area (Å²) in [7, 11) is 0. The van der Waals surface area contributed by atoms with Gasteiger partial charge in [0.15, 0.2) is 0 Å². The van der Waals surface area contributed by atoms with Crippen molar-refractivity contribution in [2.45, 2.75) is 20.4 Å². The van der Waals surface area contributed by atoms with Gasteiger partial charge in [0.25, 0.3) is 11.5 Å². The van der Waals surface area contributed by atoms with Crippen molar-refractivity contribution >= 4 is 16.8 Å². The van der Waals surface area contributed by atoms with Gasteiger partial charge in [-0.2, -0.15) is 0 Å². The van der Waals surface area contributed by atoms with E-state index in [9.17, 15) is 14.0 Å². The molecule has 0 fully saturated rings. The Morgan fingerprint density at radius 1 is 1.12 bits per heavy atom. The lowest BCUT2D eigenvalue weighted by Crippen LogP contribution is -2.26. The average molecular weight is 324 g/mol. The molecular weight excluding hydrogens is 307 g/mol. The number of halogens is 1. The number of amides is 1. The molecule has 0 aliphatic heterocycles. The van der Waals surface area contributed by atoms with Crippen molar-refractivity contribution in [2.24, 2.45) is 0 Å². The Hall–Kier alpha value is -2.95. The van der Waals surface area contributed by atoms with E-state index < -0.39 is 5.82 Å². The Morgan fingerprint density at radius 3 is 2.54 bits per heavy atom. The zero-order chi connectivity index (χ0) is 17.3. The van der Waals surface area contributed by atoms with Crippen LogP contribution in [0.15, 0.2) is 47.3 Å². The number of aromatic amines is 1. The fourth-order valence-corrected chi connectivity index (χ4v) is 2.58. The van der Waals surface area contributed by atoms with Crippen molar-refractivity contribution < 1.29 is 9.18 Å². The van der Waals surface area contributed by atoms with Gasteiger partial charge in [0.1, 0.15) is 5.82 Å². The summed E-state index contributed by atoms with van der Waals surface area (Å²) in [6.07, 6.45) is 0. The van der Waals surface area contributed by atoms with Crippen LogP contribution in [0.4, 0.5) is 4.39 Å². The number of nitrogens with one attached hydrogen (secondary N) is 2. The lowest BCUT2D eigenvalue weighted by molar-refractivity contribution is 0.0951. The van der Waals surface area contributed by atoms with E-state index in [4.69, 9.17) is 0 Å². The quantitative estimate of drug-likeness (QED) is 0.777. The van der Waals surface area contributed by atoms with Gasteiger partial charge in [-0.1, -0.05) is 12.1 Å². The number of carbonyl (C=O) groups is 1. The summed E-state index contributed by atoms with van der Waals surface area (Å²) in [4.78, 5) is 27.2. The van der Waals surface area contributed by atoms with Crippen molar-refractivity contribution in [2.75, 3.05) is 0 Å². The van der Waals surface area contributed by atoms with Crippen LogP contribution in [0.2, 0.25) is 0 Å². The minimum Gasteiger partial charge on any atom is -0.348 e. The first kappa shape index (κ1) is 15.9. The molecule has 1 aromatic heterocycles. The predicted molar refractivity (Wildman–Crippen MR) is 91.6 cm³/mol. The highest BCUT2D eigenvalue weighted by atomic mass is 19.1. The predicted octanol–water partition coefficient (Wildman–Crippen LogP) is 3.21. The SMILES string of the molecule is Cc1ccc2cc(CNC(=O)c3ccc(F)cc3)c(=O)[nH]c2c1C. The van der Waals surface area contributed by atoms with Gasteiger partial charge in [-0.3, -0.25) is 9.59 Å². The number of rotatable bonds is 3. The molecule has 24 heavy (non-hydrogen) atoms. The number of carbonyl (C=O) groups excluding carboxylic acids is 1. The van der Waals surface area contributed by atoms with E-state index in [-0.39, 0.29) is 18.0 Å². The zero-order valence-corrected chi connectivity index (χ0v) is 13.4. The summed E-state index contributed by atoms with van der Waals surface area (Å²) in [5.74, 6) is -0.752. The molecule has 0 radical (unpaired) electrons. The minimum absolute atomic E-state index is 0.106. The van der Waals surface area contributed by atoms with E-state index >= 15 is 0 Å². The third-order valence-electron chi connectivity index (χ3n) is 4.17. The second kappa shape index (κ2) is 6.28. The van der Waals surface area contributed by atoms with Gasteiger partial charge >= 0.3 is 0 Å². The maximum absolute atomic E-state index is 12.9. The maximum atomic E-state index is 12.9. The summed E-state index contributed by atoms with van der Waals surface area (Å²) in [5.41, 5.74) is 3.55. The first-order valence-electron chi connectivity index (χ1n) is 7.61. The summed E-state index contributed by atoms with van der Waals surface area (Å²) >= 11 is 0. The third-order valence-corrected chi connectivity index (χ3v) is 4.17. The highest BCUT2D eigenvalue weighted by molar-refractivity contribution is 5.94. The highest BCUT2D eigenvalue weighted by Gasteiger charge is 2.09. The van der Waals surface area contributed by atoms with Gasteiger partial charge in [-0.25, -0.2) is 4.39 Å². The number of hydrogen-bond acceptors (Lipinski definition) is 2. The maximum Gasteiger partial charge on any atom is 0.253 e. The number of H-pyrrole nitrogens is 1. The van der Waals surface area contributed by atoms with Crippen LogP contribution in [0.25, 0.3) is 10.9 Å². The van der Waals surface area contributed by atoms with Gasteiger partial charge in [0.05, 0.1) is 5.52 Å². The Balaban J connectivity index is 1.84. The summed E-state index contributed by atoms with van der Waals surface area (Å²) in [5, 5.41) is 3.60. The molecule has 1 amide bonds. The van der Waals surface area contributed by atoms with E-state index in [0.717, 1.165) is 22.0 Å². The molecule has 3 aromatic rings. The molecule has 1 heterocycles. The Kier molecular flexibility index (Phi) is 4.16. The summed E-state index contributed by atoms with van der Waals surface area (Å²) < 4.78 is 12.9. The average Bonchev–Trinajstić information content (AvgIpc) is 2.57. The van der Waals surface area contributed by atoms with Crippen molar-refractivity contribution in [3.8, 4) is 0 Å². The second-order valence-corrected chi connectivity index (χ2v) is 5.78. The zero-order valence-electron chi connectivity index (χ0n) is 13.4. The lowest BCUT2D eigenvalue weighted by atomic mass is 10.0. The molecule has 0 bridgehead atoms. The van der Waals surface area contributed by atoms with Crippen molar-refractivity contribution in [3.05, 3.63) is 80.9 Å². The van der Waals surface area contributed by atoms with Crippen molar-refractivity contribution in [3.63, 3.8) is 0 Å². The molecule has 0 saturated carbocycles. The molecule has 122 valence electrons. The van der Waals surface area contributed by atoms with Gasteiger partial charge in [-0.15, -0.1) is 0 Å². The van der Waals surface area contributed by atoms with Crippen LogP contribution in [0, 0.1) is 19.7 Å². The first-order valence-corrected chi connectivity index (χ1v) is 7.61.